The van der Waals surface area contributed by atoms with Crippen LogP contribution in [0, 0.1) is 0 Å². The fraction of sp³-hybridized carbons (Fsp3) is 0.600. The van der Waals surface area contributed by atoms with E-state index in [9.17, 15) is 9.59 Å². The number of nitrogens with zero attached hydrogens (tertiary/aromatic N) is 1. The standard InChI is InChI=1S/C15H21NO3/c1-3-4-9-16-13-8-6-5-7-11(13)10-12(14(16)17)15(18)19-2/h10H,3-9H2,1-2H3. The van der Waals surface area contributed by atoms with Gasteiger partial charge in [0.05, 0.1) is 7.11 Å². The highest BCUT2D eigenvalue weighted by molar-refractivity contribution is 5.89. The largest absolute Gasteiger partial charge is 0.465 e. The molecule has 1 aliphatic carbocycles. The van der Waals surface area contributed by atoms with Gasteiger partial charge in [-0.25, -0.2) is 4.79 Å². The number of methoxy groups -OCH3 is 1. The van der Waals surface area contributed by atoms with Crippen molar-refractivity contribution in [3.8, 4) is 0 Å². The molecule has 0 N–H and O–H groups in total. The van der Waals surface area contributed by atoms with Crippen LogP contribution in [0.2, 0.25) is 0 Å². The predicted molar refractivity (Wildman–Crippen MR) is 73.6 cm³/mol. The molecule has 0 amide bonds. The Hall–Kier alpha value is -1.58. The van der Waals surface area contributed by atoms with Crippen LogP contribution >= 0.6 is 0 Å². The lowest BCUT2D eigenvalue weighted by Gasteiger charge is -2.22. The number of pyridine rings is 1. The first-order valence-corrected chi connectivity index (χ1v) is 7.03. The number of carbonyl (C=O) groups is 1. The number of aromatic nitrogens is 1. The third-order valence-electron chi connectivity index (χ3n) is 3.74. The number of unbranched alkanes of at least 4 members (excludes halogenated alkanes) is 1. The minimum absolute atomic E-state index is 0.180. The van der Waals surface area contributed by atoms with Gasteiger partial charge < -0.3 is 9.30 Å². The Bertz CT molecular complexity index is 531. The molecule has 0 atom stereocenters. The molecule has 1 aromatic heterocycles. The lowest BCUT2D eigenvalue weighted by atomic mass is 9.94. The molecule has 1 aliphatic rings. The van der Waals surface area contributed by atoms with Crippen LogP contribution < -0.4 is 5.56 Å². The first kappa shape index (κ1) is 13.8. The van der Waals surface area contributed by atoms with Gasteiger partial charge in [0.15, 0.2) is 0 Å². The third-order valence-corrected chi connectivity index (χ3v) is 3.74. The SMILES string of the molecule is CCCCn1c2c(cc(C(=O)OC)c1=O)CCCC2. The van der Waals surface area contributed by atoms with Crippen LogP contribution in [0.25, 0.3) is 0 Å². The second-order valence-corrected chi connectivity index (χ2v) is 5.04. The summed E-state index contributed by atoms with van der Waals surface area (Å²) in [4.78, 5) is 24.1. The first-order chi connectivity index (χ1) is 9.19. The van der Waals surface area contributed by atoms with Crippen molar-refractivity contribution in [1.29, 1.82) is 0 Å². The molecule has 104 valence electrons. The smallest absolute Gasteiger partial charge is 0.343 e. The normalized spacial score (nSPS) is 14.0. The Labute approximate surface area is 113 Å². The van der Waals surface area contributed by atoms with Crippen LogP contribution in [0.4, 0.5) is 0 Å². The Morgan fingerprint density at radius 1 is 1.37 bits per heavy atom. The highest BCUT2D eigenvalue weighted by Gasteiger charge is 2.21. The van der Waals surface area contributed by atoms with Gasteiger partial charge in [-0.2, -0.15) is 0 Å². The van der Waals surface area contributed by atoms with Gasteiger partial charge in [0.25, 0.3) is 5.56 Å². The Morgan fingerprint density at radius 2 is 2.11 bits per heavy atom. The molecular formula is C15H21NO3. The van der Waals surface area contributed by atoms with E-state index < -0.39 is 5.97 Å². The van der Waals surface area contributed by atoms with Crippen molar-refractivity contribution < 1.29 is 9.53 Å². The molecule has 0 unspecified atom stereocenters. The number of hydrogen-bond donors (Lipinski definition) is 0. The summed E-state index contributed by atoms with van der Waals surface area (Å²) >= 11 is 0. The monoisotopic (exact) mass is 263 g/mol. The first-order valence-electron chi connectivity index (χ1n) is 7.03. The lowest BCUT2D eigenvalue weighted by Crippen LogP contribution is -2.32. The van der Waals surface area contributed by atoms with Crippen molar-refractivity contribution in [2.24, 2.45) is 0 Å². The van der Waals surface area contributed by atoms with E-state index >= 15 is 0 Å². The zero-order valence-electron chi connectivity index (χ0n) is 11.7. The second kappa shape index (κ2) is 6.04. The average molecular weight is 263 g/mol. The van der Waals surface area contributed by atoms with Gasteiger partial charge in [-0.15, -0.1) is 0 Å². The molecule has 0 spiro atoms. The molecule has 0 radical (unpaired) electrons. The Balaban J connectivity index is 2.54. The maximum Gasteiger partial charge on any atom is 0.343 e. The van der Waals surface area contributed by atoms with Crippen molar-refractivity contribution >= 4 is 5.97 Å². The van der Waals surface area contributed by atoms with E-state index in [1.807, 2.05) is 0 Å². The number of esters is 1. The van der Waals surface area contributed by atoms with Crippen LogP contribution in [0.1, 0.15) is 54.2 Å². The van der Waals surface area contributed by atoms with E-state index in [4.69, 9.17) is 4.74 Å². The summed E-state index contributed by atoms with van der Waals surface area (Å²) in [7, 11) is 1.32. The summed E-state index contributed by atoms with van der Waals surface area (Å²) in [6.45, 7) is 2.80. The highest BCUT2D eigenvalue weighted by atomic mass is 16.5. The Kier molecular flexibility index (Phi) is 4.40. The summed E-state index contributed by atoms with van der Waals surface area (Å²) in [6.07, 6.45) is 6.12. The zero-order valence-corrected chi connectivity index (χ0v) is 11.7. The van der Waals surface area contributed by atoms with Gasteiger partial charge in [-0.3, -0.25) is 4.79 Å². The molecule has 0 bridgehead atoms. The van der Waals surface area contributed by atoms with Gasteiger partial charge in [0.2, 0.25) is 0 Å². The van der Waals surface area contributed by atoms with Crippen molar-refractivity contribution in [1.82, 2.24) is 4.57 Å². The van der Waals surface area contributed by atoms with Gasteiger partial charge in [-0.05, 0) is 43.7 Å². The molecule has 0 saturated carbocycles. The van der Waals surface area contributed by atoms with Crippen LogP contribution in [0.15, 0.2) is 10.9 Å². The maximum absolute atomic E-state index is 12.4. The molecule has 4 heteroatoms. The third kappa shape index (κ3) is 2.72. The van der Waals surface area contributed by atoms with Gasteiger partial charge in [0.1, 0.15) is 5.56 Å². The maximum atomic E-state index is 12.4. The second-order valence-electron chi connectivity index (χ2n) is 5.04. The number of aryl methyl sites for hydroxylation is 1. The van der Waals surface area contributed by atoms with E-state index in [0.717, 1.165) is 49.8 Å². The van der Waals surface area contributed by atoms with Crippen molar-refractivity contribution in [2.45, 2.75) is 52.0 Å². The van der Waals surface area contributed by atoms with Crippen LogP contribution in [-0.4, -0.2) is 17.6 Å². The molecule has 0 fully saturated rings. The van der Waals surface area contributed by atoms with E-state index in [1.165, 1.54) is 7.11 Å². The van der Waals surface area contributed by atoms with Crippen LogP contribution in [0.3, 0.4) is 0 Å². The molecule has 1 heterocycles. The van der Waals surface area contributed by atoms with Gasteiger partial charge >= 0.3 is 5.97 Å². The number of ether oxygens (including phenoxy) is 1. The summed E-state index contributed by atoms with van der Waals surface area (Å²) in [5, 5.41) is 0. The minimum Gasteiger partial charge on any atom is -0.465 e. The predicted octanol–water partition coefficient (Wildman–Crippen LogP) is 2.31. The van der Waals surface area contributed by atoms with Crippen molar-refractivity contribution in [3.63, 3.8) is 0 Å². The number of carbonyl (C=O) groups excluding carboxylic acids is 1. The molecular weight excluding hydrogens is 242 g/mol. The molecule has 19 heavy (non-hydrogen) atoms. The Morgan fingerprint density at radius 3 is 2.79 bits per heavy atom. The molecule has 0 aromatic carbocycles. The fourth-order valence-corrected chi connectivity index (χ4v) is 2.69. The minimum atomic E-state index is -0.524. The number of hydrogen-bond acceptors (Lipinski definition) is 3. The highest BCUT2D eigenvalue weighted by Crippen LogP contribution is 2.21. The molecule has 4 nitrogen and oxygen atoms in total. The molecule has 0 saturated heterocycles. The van der Waals surface area contributed by atoms with E-state index in [-0.39, 0.29) is 11.1 Å². The van der Waals surface area contributed by atoms with Gasteiger partial charge in [-0.1, -0.05) is 13.3 Å². The summed E-state index contributed by atoms with van der Waals surface area (Å²) < 4.78 is 6.51. The van der Waals surface area contributed by atoms with E-state index in [1.54, 1.807) is 10.6 Å². The molecule has 2 rings (SSSR count). The summed E-state index contributed by atoms with van der Waals surface area (Å²) in [6, 6.07) is 1.74. The quantitative estimate of drug-likeness (QED) is 0.783. The van der Waals surface area contributed by atoms with Crippen molar-refractivity contribution in [2.75, 3.05) is 7.11 Å². The summed E-state index contributed by atoms with van der Waals surface area (Å²) in [5.74, 6) is -0.524. The zero-order chi connectivity index (χ0) is 13.8. The van der Waals surface area contributed by atoms with Gasteiger partial charge in [0, 0.05) is 12.2 Å². The number of fused-ring (bicyclic) bond motifs is 1. The lowest BCUT2D eigenvalue weighted by molar-refractivity contribution is 0.0597. The van der Waals surface area contributed by atoms with E-state index in [2.05, 4.69) is 6.92 Å². The number of rotatable bonds is 4. The summed E-state index contributed by atoms with van der Waals surface area (Å²) in [5.41, 5.74) is 2.25. The average Bonchev–Trinajstić information content (AvgIpc) is 2.45. The van der Waals surface area contributed by atoms with Crippen LogP contribution in [-0.2, 0) is 24.1 Å². The fourth-order valence-electron chi connectivity index (χ4n) is 2.69. The molecule has 1 aromatic rings. The topological polar surface area (TPSA) is 48.3 Å². The van der Waals surface area contributed by atoms with Crippen molar-refractivity contribution in [3.05, 3.63) is 33.2 Å². The van der Waals surface area contributed by atoms with E-state index in [0.29, 0.717) is 6.54 Å². The molecule has 0 aliphatic heterocycles. The van der Waals surface area contributed by atoms with Crippen LogP contribution in [0.5, 0.6) is 0 Å².